The summed E-state index contributed by atoms with van der Waals surface area (Å²) in [6.45, 7) is 0.928. The molecule has 104 valence electrons. The first-order chi connectivity index (χ1) is 9.83. The second-order valence-electron chi connectivity index (χ2n) is 5.33. The van der Waals surface area contributed by atoms with E-state index in [4.69, 9.17) is 4.74 Å². The summed E-state index contributed by atoms with van der Waals surface area (Å²) in [5, 5.41) is 0. The van der Waals surface area contributed by atoms with Crippen molar-refractivity contribution in [1.82, 2.24) is 0 Å². The number of alkyl halides is 1. The number of hydrogen-bond donors (Lipinski definition) is 0. The zero-order valence-corrected chi connectivity index (χ0v) is 13.1. The molecule has 3 rings (SSSR count). The Morgan fingerprint density at radius 2 is 1.70 bits per heavy atom. The Morgan fingerprint density at radius 3 is 2.35 bits per heavy atom. The third kappa shape index (κ3) is 3.31. The van der Waals surface area contributed by atoms with Crippen molar-refractivity contribution in [2.45, 2.75) is 30.2 Å². The number of hydrogen-bond acceptors (Lipinski definition) is 1. The van der Waals surface area contributed by atoms with Crippen LogP contribution in [0.3, 0.4) is 0 Å². The normalized spacial score (nSPS) is 19.9. The summed E-state index contributed by atoms with van der Waals surface area (Å²) >= 11 is 3.80. The van der Waals surface area contributed by atoms with Gasteiger partial charge in [0.1, 0.15) is 0 Å². The summed E-state index contributed by atoms with van der Waals surface area (Å²) in [4.78, 5) is 0.385. The zero-order valence-electron chi connectivity index (χ0n) is 11.5. The minimum atomic E-state index is 0.385. The topological polar surface area (TPSA) is 9.23 Å². The molecule has 0 aliphatic carbocycles. The van der Waals surface area contributed by atoms with E-state index in [0.29, 0.717) is 10.9 Å². The van der Waals surface area contributed by atoms with Crippen LogP contribution in [0.5, 0.6) is 0 Å². The van der Waals surface area contributed by atoms with E-state index in [1.165, 1.54) is 29.5 Å². The van der Waals surface area contributed by atoms with Gasteiger partial charge < -0.3 is 4.74 Å². The van der Waals surface area contributed by atoms with E-state index >= 15 is 0 Å². The molecule has 0 bridgehead atoms. The highest BCUT2D eigenvalue weighted by atomic mass is 79.9. The van der Waals surface area contributed by atoms with Crippen molar-refractivity contribution in [3.63, 3.8) is 0 Å². The highest BCUT2D eigenvalue weighted by Crippen LogP contribution is 2.32. The van der Waals surface area contributed by atoms with Crippen molar-refractivity contribution in [3.8, 4) is 11.1 Å². The van der Waals surface area contributed by atoms with E-state index in [9.17, 15) is 0 Å². The van der Waals surface area contributed by atoms with E-state index in [-0.39, 0.29) is 0 Å². The van der Waals surface area contributed by atoms with Crippen molar-refractivity contribution in [3.05, 3.63) is 60.2 Å². The third-order valence-electron chi connectivity index (χ3n) is 3.87. The molecule has 0 N–H and O–H groups in total. The van der Waals surface area contributed by atoms with E-state index < -0.39 is 0 Å². The van der Waals surface area contributed by atoms with Gasteiger partial charge in [-0.25, -0.2) is 0 Å². The predicted molar refractivity (Wildman–Crippen MR) is 87.1 cm³/mol. The molecule has 1 aliphatic rings. The molecule has 20 heavy (non-hydrogen) atoms. The number of halogens is 1. The van der Waals surface area contributed by atoms with Gasteiger partial charge in [0.15, 0.2) is 0 Å². The number of benzene rings is 2. The fourth-order valence-electron chi connectivity index (χ4n) is 2.71. The maximum absolute atomic E-state index is 5.71. The Kier molecular flexibility index (Phi) is 4.54. The van der Waals surface area contributed by atoms with Crippen LogP contribution in [-0.2, 0) is 4.74 Å². The van der Waals surface area contributed by atoms with Crippen molar-refractivity contribution < 1.29 is 4.74 Å². The summed E-state index contributed by atoms with van der Waals surface area (Å²) in [5.74, 6) is 0. The van der Waals surface area contributed by atoms with Crippen molar-refractivity contribution >= 4 is 15.9 Å². The average Bonchev–Trinajstić information content (AvgIpc) is 3.01. The van der Waals surface area contributed by atoms with Gasteiger partial charge in [0.25, 0.3) is 0 Å². The van der Waals surface area contributed by atoms with E-state index in [1.54, 1.807) is 0 Å². The van der Waals surface area contributed by atoms with Crippen LogP contribution >= 0.6 is 15.9 Å². The van der Waals surface area contributed by atoms with Crippen molar-refractivity contribution in [2.75, 3.05) is 6.61 Å². The largest absolute Gasteiger partial charge is 0.378 e. The van der Waals surface area contributed by atoms with Crippen molar-refractivity contribution in [2.24, 2.45) is 0 Å². The lowest BCUT2D eigenvalue weighted by molar-refractivity contribution is 0.104. The molecule has 2 aromatic rings. The molecular formula is C18H19BrO. The van der Waals surface area contributed by atoms with Crippen LogP contribution in [0.1, 0.15) is 29.7 Å². The van der Waals surface area contributed by atoms with Crippen LogP contribution in [0, 0.1) is 0 Å². The molecular weight excluding hydrogens is 312 g/mol. The van der Waals surface area contributed by atoms with Gasteiger partial charge in [-0.05, 0) is 36.0 Å². The van der Waals surface area contributed by atoms with Gasteiger partial charge in [0, 0.05) is 11.4 Å². The first-order valence-electron chi connectivity index (χ1n) is 7.24. The van der Waals surface area contributed by atoms with Crippen LogP contribution < -0.4 is 0 Å². The SMILES string of the molecule is BrC(CC1CCCO1)c1ccc(-c2ccccc2)cc1. The van der Waals surface area contributed by atoms with E-state index in [2.05, 4.69) is 64.5 Å². The molecule has 2 atom stereocenters. The molecule has 1 heterocycles. The Balaban J connectivity index is 1.69. The molecule has 1 fully saturated rings. The first-order valence-corrected chi connectivity index (χ1v) is 8.15. The lowest BCUT2D eigenvalue weighted by atomic mass is 10.0. The van der Waals surface area contributed by atoms with Crippen LogP contribution in [0.4, 0.5) is 0 Å². The predicted octanol–water partition coefficient (Wildman–Crippen LogP) is 5.36. The van der Waals surface area contributed by atoms with E-state index in [0.717, 1.165) is 13.0 Å². The Labute approximate surface area is 129 Å². The second kappa shape index (κ2) is 6.55. The highest BCUT2D eigenvalue weighted by molar-refractivity contribution is 9.09. The molecule has 0 saturated carbocycles. The van der Waals surface area contributed by atoms with Crippen molar-refractivity contribution in [1.29, 1.82) is 0 Å². The lowest BCUT2D eigenvalue weighted by Crippen LogP contribution is -2.07. The molecule has 2 unspecified atom stereocenters. The number of rotatable bonds is 4. The Bertz CT molecular complexity index is 529. The maximum Gasteiger partial charge on any atom is 0.0589 e. The van der Waals surface area contributed by atoms with Crippen LogP contribution in [0.2, 0.25) is 0 Å². The zero-order chi connectivity index (χ0) is 13.8. The summed E-state index contributed by atoms with van der Waals surface area (Å²) in [6, 6.07) is 19.3. The smallest absolute Gasteiger partial charge is 0.0589 e. The monoisotopic (exact) mass is 330 g/mol. The van der Waals surface area contributed by atoms with Gasteiger partial charge in [0.05, 0.1) is 6.10 Å². The van der Waals surface area contributed by atoms with Gasteiger partial charge >= 0.3 is 0 Å². The van der Waals surface area contributed by atoms with E-state index in [1.807, 2.05) is 6.07 Å². The molecule has 0 radical (unpaired) electrons. The minimum Gasteiger partial charge on any atom is -0.378 e. The van der Waals surface area contributed by atoms with Gasteiger partial charge in [0.2, 0.25) is 0 Å². The van der Waals surface area contributed by atoms with Gasteiger partial charge in [-0.1, -0.05) is 70.5 Å². The molecule has 1 saturated heterocycles. The third-order valence-corrected chi connectivity index (χ3v) is 4.78. The second-order valence-corrected chi connectivity index (χ2v) is 6.43. The van der Waals surface area contributed by atoms with Crippen LogP contribution in [0.25, 0.3) is 11.1 Å². The average molecular weight is 331 g/mol. The summed E-state index contributed by atoms with van der Waals surface area (Å²) < 4.78 is 5.71. The maximum atomic E-state index is 5.71. The first kappa shape index (κ1) is 13.8. The lowest BCUT2D eigenvalue weighted by Gasteiger charge is -2.15. The summed E-state index contributed by atoms with van der Waals surface area (Å²) in [7, 11) is 0. The van der Waals surface area contributed by atoms with Gasteiger partial charge in [-0.15, -0.1) is 0 Å². The molecule has 2 heteroatoms. The Morgan fingerprint density at radius 1 is 1.00 bits per heavy atom. The molecule has 2 aromatic carbocycles. The molecule has 0 aromatic heterocycles. The minimum absolute atomic E-state index is 0.385. The van der Waals surface area contributed by atoms with Gasteiger partial charge in [-0.3, -0.25) is 0 Å². The highest BCUT2D eigenvalue weighted by Gasteiger charge is 2.20. The van der Waals surface area contributed by atoms with Crippen LogP contribution in [-0.4, -0.2) is 12.7 Å². The quantitative estimate of drug-likeness (QED) is 0.686. The molecule has 0 amide bonds. The standard InChI is InChI=1S/C18H19BrO/c19-18(13-17-7-4-12-20-17)16-10-8-15(9-11-16)14-5-2-1-3-6-14/h1-3,5-6,8-11,17-18H,4,7,12-13H2. The molecule has 1 aliphatic heterocycles. The molecule has 1 nitrogen and oxygen atoms in total. The summed E-state index contributed by atoms with van der Waals surface area (Å²) in [5.41, 5.74) is 3.87. The summed E-state index contributed by atoms with van der Waals surface area (Å²) in [6.07, 6.45) is 3.89. The fraction of sp³-hybridized carbons (Fsp3) is 0.333. The van der Waals surface area contributed by atoms with Gasteiger partial charge in [-0.2, -0.15) is 0 Å². The molecule has 0 spiro atoms. The van der Waals surface area contributed by atoms with Crippen LogP contribution in [0.15, 0.2) is 54.6 Å². The Hall–Kier alpha value is -1.12. The number of ether oxygens (including phenoxy) is 1. The fourth-order valence-corrected chi connectivity index (χ4v) is 3.43.